The number of halogens is 3. The molecule has 1 heterocycles. The van der Waals surface area contributed by atoms with Crippen LogP contribution in [0.3, 0.4) is 0 Å². The molecule has 0 saturated carbocycles. The molecule has 2 rings (SSSR count). The minimum absolute atomic E-state index is 0.0881. The van der Waals surface area contributed by atoms with E-state index in [2.05, 4.69) is 5.32 Å². The standard InChI is InChI=1S/C13H15F3N2O2/c1-12(7-20-6-10(12)17)11(19)18-9-4-2-3-8(5-9)13(14,15)16/h2-5,10H,6-7,17H2,1H3,(H,18,19). The Labute approximate surface area is 114 Å². The van der Waals surface area contributed by atoms with Gasteiger partial charge in [-0.05, 0) is 25.1 Å². The number of carbonyl (C=O) groups excluding carboxylic acids is 1. The van der Waals surface area contributed by atoms with Crippen LogP contribution in [-0.4, -0.2) is 25.2 Å². The number of anilines is 1. The first-order chi connectivity index (χ1) is 9.23. The van der Waals surface area contributed by atoms with E-state index >= 15 is 0 Å². The van der Waals surface area contributed by atoms with Crippen molar-refractivity contribution in [1.82, 2.24) is 0 Å². The molecule has 2 unspecified atom stereocenters. The Morgan fingerprint density at radius 1 is 1.50 bits per heavy atom. The van der Waals surface area contributed by atoms with Crippen LogP contribution in [0.25, 0.3) is 0 Å². The van der Waals surface area contributed by atoms with Crippen LogP contribution >= 0.6 is 0 Å². The fraction of sp³-hybridized carbons (Fsp3) is 0.462. The van der Waals surface area contributed by atoms with Crippen LogP contribution in [0.5, 0.6) is 0 Å². The zero-order valence-electron chi connectivity index (χ0n) is 10.8. The van der Waals surface area contributed by atoms with Gasteiger partial charge in [0.05, 0.1) is 24.2 Å². The Kier molecular flexibility index (Phi) is 3.75. The molecule has 7 heteroatoms. The first kappa shape index (κ1) is 14.8. The normalized spacial score (nSPS) is 26.6. The Morgan fingerprint density at radius 3 is 2.75 bits per heavy atom. The van der Waals surface area contributed by atoms with Gasteiger partial charge in [0.15, 0.2) is 0 Å². The molecule has 1 amide bonds. The van der Waals surface area contributed by atoms with Crippen LogP contribution < -0.4 is 11.1 Å². The maximum absolute atomic E-state index is 12.6. The molecule has 1 aromatic rings. The number of nitrogens with two attached hydrogens (primary N) is 1. The van der Waals surface area contributed by atoms with Crippen molar-refractivity contribution < 1.29 is 22.7 Å². The summed E-state index contributed by atoms with van der Waals surface area (Å²) in [4.78, 5) is 12.2. The first-order valence-electron chi connectivity index (χ1n) is 6.05. The summed E-state index contributed by atoms with van der Waals surface area (Å²) < 4.78 is 42.9. The summed E-state index contributed by atoms with van der Waals surface area (Å²) in [6.07, 6.45) is -4.45. The summed E-state index contributed by atoms with van der Waals surface area (Å²) in [7, 11) is 0. The van der Waals surface area contributed by atoms with Crippen molar-refractivity contribution in [1.29, 1.82) is 0 Å². The predicted octanol–water partition coefficient (Wildman–Crippen LogP) is 2.01. The SMILES string of the molecule is CC1(C(=O)Nc2cccc(C(F)(F)F)c2)COCC1N. The molecule has 110 valence electrons. The molecule has 0 aliphatic carbocycles. The minimum atomic E-state index is -4.45. The van der Waals surface area contributed by atoms with E-state index in [1.54, 1.807) is 6.92 Å². The molecular formula is C13H15F3N2O2. The molecule has 1 saturated heterocycles. The maximum atomic E-state index is 12.6. The van der Waals surface area contributed by atoms with Crippen molar-refractivity contribution in [3.05, 3.63) is 29.8 Å². The van der Waals surface area contributed by atoms with Crippen molar-refractivity contribution in [2.24, 2.45) is 11.1 Å². The average molecular weight is 288 g/mol. The van der Waals surface area contributed by atoms with Crippen molar-refractivity contribution in [2.45, 2.75) is 19.1 Å². The van der Waals surface area contributed by atoms with Gasteiger partial charge in [-0.2, -0.15) is 13.2 Å². The minimum Gasteiger partial charge on any atom is -0.379 e. The molecular weight excluding hydrogens is 273 g/mol. The molecule has 2 atom stereocenters. The summed E-state index contributed by atoms with van der Waals surface area (Å²) in [6.45, 7) is 2.04. The molecule has 1 fully saturated rings. The summed E-state index contributed by atoms with van der Waals surface area (Å²) in [5.41, 5.74) is 4.14. The Morgan fingerprint density at radius 2 is 2.20 bits per heavy atom. The molecule has 0 spiro atoms. The monoisotopic (exact) mass is 288 g/mol. The Hall–Kier alpha value is -1.60. The van der Waals surface area contributed by atoms with E-state index in [9.17, 15) is 18.0 Å². The molecule has 0 bridgehead atoms. The Balaban J connectivity index is 2.16. The highest BCUT2D eigenvalue weighted by Gasteiger charge is 2.44. The van der Waals surface area contributed by atoms with E-state index in [1.807, 2.05) is 0 Å². The van der Waals surface area contributed by atoms with Gasteiger partial charge in [-0.15, -0.1) is 0 Å². The van der Waals surface area contributed by atoms with Crippen LogP contribution in [0.15, 0.2) is 24.3 Å². The second-order valence-electron chi connectivity index (χ2n) is 5.07. The van der Waals surface area contributed by atoms with Crippen molar-refractivity contribution in [3.63, 3.8) is 0 Å². The second kappa shape index (κ2) is 5.06. The Bertz CT molecular complexity index is 519. The summed E-state index contributed by atoms with van der Waals surface area (Å²) in [6, 6.07) is 4.00. The van der Waals surface area contributed by atoms with Gasteiger partial charge in [0.25, 0.3) is 0 Å². The number of nitrogens with one attached hydrogen (secondary N) is 1. The van der Waals surface area contributed by atoms with Crippen molar-refractivity contribution >= 4 is 11.6 Å². The number of carbonyl (C=O) groups is 1. The fourth-order valence-corrected chi connectivity index (χ4v) is 1.97. The van der Waals surface area contributed by atoms with E-state index in [0.717, 1.165) is 12.1 Å². The van der Waals surface area contributed by atoms with Gasteiger partial charge < -0.3 is 15.8 Å². The zero-order valence-corrected chi connectivity index (χ0v) is 10.8. The highest BCUT2D eigenvalue weighted by molar-refractivity contribution is 5.96. The third kappa shape index (κ3) is 2.78. The van der Waals surface area contributed by atoms with Crippen LogP contribution in [0.2, 0.25) is 0 Å². The number of amides is 1. The largest absolute Gasteiger partial charge is 0.416 e. The first-order valence-corrected chi connectivity index (χ1v) is 6.05. The molecule has 0 aromatic heterocycles. The van der Waals surface area contributed by atoms with Gasteiger partial charge >= 0.3 is 6.18 Å². The molecule has 1 aliphatic rings. The van der Waals surface area contributed by atoms with E-state index < -0.39 is 29.1 Å². The predicted molar refractivity (Wildman–Crippen MR) is 67.0 cm³/mol. The maximum Gasteiger partial charge on any atom is 0.416 e. The average Bonchev–Trinajstić information content (AvgIpc) is 2.70. The highest BCUT2D eigenvalue weighted by Crippen LogP contribution is 2.32. The number of rotatable bonds is 2. The van der Waals surface area contributed by atoms with Gasteiger partial charge in [-0.25, -0.2) is 0 Å². The lowest BCUT2D eigenvalue weighted by Gasteiger charge is -2.25. The number of hydrogen-bond acceptors (Lipinski definition) is 3. The van der Waals surface area contributed by atoms with Crippen molar-refractivity contribution in [3.8, 4) is 0 Å². The van der Waals surface area contributed by atoms with Gasteiger partial charge in [-0.3, -0.25) is 4.79 Å². The lowest BCUT2D eigenvalue weighted by Crippen LogP contribution is -2.47. The molecule has 1 aromatic carbocycles. The van der Waals surface area contributed by atoms with Crippen LogP contribution in [-0.2, 0) is 15.7 Å². The summed E-state index contributed by atoms with van der Waals surface area (Å²) >= 11 is 0. The summed E-state index contributed by atoms with van der Waals surface area (Å²) in [5.74, 6) is -0.443. The molecule has 3 N–H and O–H groups in total. The van der Waals surface area contributed by atoms with Gasteiger partial charge in [0.1, 0.15) is 0 Å². The second-order valence-corrected chi connectivity index (χ2v) is 5.07. The topological polar surface area (TPSA) is 64.3 Å². The zero-order chi connectivity index (χ0) is 15.0. The number of alkyl halides is 3. The highest BCUT2D eigenvalue weighted by atomic mass is 19.4. The van der Waals surface area contributed by atoms with E-state index in [-0.39, 0.29) is 18.9 Å². The number of ether oxygens (including phenoxy) is 1. The smallest absolute Gasteiger partial charge is 0.379 e. The van der Waals surface area contributed by atoms with Crippen LogP contribution in [0.4, 0.5) is 18.9 Å². The van der Waals surface area contributed by atoms with E-state index in [1.165, 1.54) is 12.1 Å². The van der Waals surface area contributed by atoms with E-state index in [0.29, 0.717) is 0 Å². The lowest BCUT2D eigenvalue weighted by atomic mass is 9.85. The van der Waals surface area contributed by atoms with Gasteiger partial charge in [0.2, 0.25) is 5.91 Å². The van der Waals surface area contributed by atoms with E-state index in [4.69, 9.17) is 10.5 Å². The summed E-state index contributed by atoms with van der Waals surface area (Å²) in [5, 5.41) is 2.47. The lowest BCUT2D eigenvalue weighted by molar-refractivity contribution is -0.137. The van der Waals surface area contributed by atoms with Gasteiger partial charge in [-0.1, -0.05) is 6.07 Å². The third-order valence-corrected chi connectivity index (χ3v) is 3.48. The van der Waals surface area contributed by atoms with Crippen LogP contribution in [0.1, 0.15) is 12.5 Å². The molecule has 0 radical (unpaired) electrons. The van der Waals surface area contributed by atoms with Crippen LogP contribution in [0, 0.1) is 5.41 Å². The fourth-order valence-electron chi connectivity index (χ4n) is 1.97. The molecule has 4 nitrogen and oxygen atoms in total. The number of benzene rings is 1. The number of hydrogen-bond donors (Lipinski definition) is 2. The van der Waals surface area contributed by atoms with Gasteiger partial charge in [0, 0.05) is 11.7 Å². The third-order valence-electron chi connectivity index (χ3n) is 3.48. The molecule has 20 heavy (non-hydrogen) atoms. The molecule has 1 aliphatic heterocycles. The van der Waals surface area contributed by atoms with Crippen molar-refractivity contribution in [2.75, 3.05) is 18.5 Å². The quantitative estimate of drug-likeness (QED) is 0.875.